The average molecular weight is 285 g/mol. The zero-order chi connectivity index (χ0) is 9.07. The number of rotatable bonds is 4. The van der Waals surface area contributed by atoms with E-state index in [2.05, 4.69) is 38.4 Å². The van der Waals surface area contributed by atoms with E-state index >= 15 is 0 Å². The zero-order valence-corrected chi connectivity index (χ0v) is 10.0. The summed E-state index contributed by atoms with van der Waals surface area (Å²) >= 11 is 6.79. The van der Waals surface area contributed by atoms with Gasteiger partial charge in [-0.15, -0.1) is 0 Å². The summed E-state index contributed by atoms with van der Waals surface area (Å²) in [6.07, 6.45) is -0.0787. The Kier molecular flexibility index (Phi) is 4.91. The first-order chi connectivity index (χ1) is 4.89. The van der Waals surface area contributed by atoms with E-state index < -0.39 is 6.10 Å². The first-order valence-corrected chi connectivity index (χ1v) is 5.36. The van der Waals surface area contributed by atoms with Crippen molar-refractivity contribution in [3.63, 3.8) is 0 Å². The van der Waals surface area contributed by atoms with Crippen LogP contribution in [0.4, 0.5) is 0 Å². The first-order valence-electron chi connectivity index (χ1n) is 3.45. The number of alkyl halides is 2. The Hall–Kier alpha value is 0.660. The molecule has 0 aromatic rings. The third-order valence-corrected chi connectivity index (χ3v) is 4.03. The Balaban J connectivity index is 3.93. The highest BCUT2D eigenvalue weighted by Gasteiger charge is 2.23. The van der Waals surface area contributed by atoms with Crippen molar-refractivity contribution in [2.75, 3.05) is 5.33 Å². The summed E-state index contributed by atoms with van der Waals surface area (Å²) in [6.45, 7) is 7.39. The molecule has 0 aromatic heterocycles. The predicted molar refractivity (Wildman–Crippen MR) is 55.0 cm³/mol. The molecule has 2 unspecified atom stereocenters. The lowest BCUT2D eigenvalue weighted by Gasteiger charge is -2.21. The van der Waals surface area contributed by atoms with Crippen LogP contribution in [0.15, 0.2) is 12.2 Å². The molecule has 3 heteroatoms. The molecule has 0 amide bonds. The molecule has 0 bridgehead atoms. The highest BCUT2D eigenvalue weighted by molar-refractivity contribution is 9.12. The molecular formula is C8H13Br2O. The molecule has 0 aliphatic carbocycles. The van der Waals surface area contributed by atoms with Crippen LogP contribution >= 0.6 is 31.9 Å². The summed E-state index contributed by atoms with van der Waals surface area (Å²) in [7, 11) is 0. The van der Waals surface area contributed by atoms with Gasteiger partial charge in [-0.1, -0.05) is 38.4 Å². The second-order valence-electron chi connectivity index (χ2n) is 3.09. The molecule has 11 heavy (non-hydrogen) atoms. The topological polar surface area (TPSA) is 19.9 Å². The van der Waals surface area contributed by atoms with Gasteiger partial charge in [-0.25, -0.2) is 5.11 Å². The van der Waals surface area contributed by atoms with Crippen LogP contribution in [0, 0.1) is 0 Å². The fourth-order valence-electron chi connectivity index (χ4n) is 0.615. The van der Waals surface area contributed by atoms with Gasteiger partial charge in [-0.05, 0) is 25.8 Å². The van der Waals surface area contributed by atoms with E-state index in [-0.39, 0.29) is 4.32 Å². The predicted octanol–water partition coefficient (Wildman–Crippen LogP) is 3.30. The second kappa shape index (κ2) is 4.63. The maximum absolute atomic E-state index is 11.3. The van der Waals surface area contributed by atoms with E-state index in [4.69, 9.17) is 0 Å². The molecular weight excluding hydrogens is 272 g/mol. The summed E-state index contributed by atoms with van der Waals surface area (Å²) in [5.41, 5.74) is 0.705. The lowest BCUT2D eigenvalue weighted by molar-refractivity contribution is 0.106. The van der Waals surface area contributed by atoms with E-state index in [0.717, 1.165) is 5.33 Å². The monoisotopic (exact) mass is 283 g/mol. The molecule has 0 heterocycles. The Morgan fingerprint density at radius 2 is 2.18 bits per heavy atom. The van der Waals surface area contributed by atoms with Gasteiger partial charge in [0.1, 0.15) is 6.10 Å². The van der Waals surface area contributed by atoms with Crippen molar-refractivity contribution in [3.8, 4) is 0 Å². The normalized spacial score (nSPS) is 19.0. The fraction of sp³-hybridized carbons (Fsp3) is 0.750. The number of halogens is 2. The van der Waals surface area contributed by atoms with Crippen LogP contribution in [0.25, 0.3) is 0 Å². The van der Waals surface area contributed by atoms with Gasteiger partial charge in [-0.2, -0.15) is 0 Å². The molecule has 1 radical (unpaired) electrons. The Bertz CT molecular complexity index is 143. The van der Waals surface area contributed by atoms with E-state index in [9.17, 15) is 5.11 Å². The minimum atomic E-state index is -0.656. The van der Waals surface area contributed by atoms with Crippen molar-refractivity contribution >= 4 is 31.9 Å². The molecule has 0 rings (SSSR count). The summed E-state index contributed by atoms with van der Waals surface area (Å²) in [6, 6.07) is 0. The second-order valence-corrected chi connectivity index (χ2v) is 5.56. The molecule has 0 N–H and O–H groups in total. The molecule has 0 aromatic carbocycles. The third-order valence-electron chi connectivity index (χ3n) is 1.44. The molecule has 0 aliphatic rings. The lowest BCUT2D eigenvalue weighted by Crippen LogP contribution is -2.24. The highest BCUT2D eigenvalue weighted by atomic mass is 79.9. The summed E-state index contributed by atoms with van der Waals surface area (Å²) in [5, 5.41) is 12.0. The maximum atomic E-state index is 11.3. The van der Waals surface area contributed by atoms with E-state index in [1.165, 1.54) is 0 Å². The maximum Gasteiger partial charge on any atom is 0.115 e. The first kappa shape index (κ1) is 11.7. The SMILES string of the molecule is C=C(C)C([O])CC(C)(Br)CBr. The molecule has 0 fully saturated rings. The van der Waals surface area contributed by atoms with Crippen molar-refractivity contribution in [1.29, 1.82) is 0 Å². The summed E-state index contributed by atoms with van der Waals surface area (Å²) in [4.78, 5) is 0. The van der Waals surface area contributed by atoms with Gasteiger partial charge in [0, 0.05) is 9.65 Å². The number of hydrogen-bond donors (Lipinski definition) is 0. The third kappa shape index (κ3) is 4.99. The molecule has 0 saturated carbocycles. The minimum Gasteiger partial charge on any atom is -0.228 e. The van der Waals surface area contributed by atoms with Gasteiger partial charge in [0.2, 0.25) is 0 Å². The number of hydrogen-bond acceptors (Lipinski definition) is 0. The van der Waals surface area contributed by atoms with E-state index in [0.29, 0.717) is 12.0 Å². The lowest BCUT2D eigenvalue weighted by atomic mass is 10.0. The van der Waals surface area contributed by atoms with Gasteiger partial charge in [0.05, 0.1) is 0 Å². The van der Waals surface area contributed by atoms with Gasteiger partial charge in [0.25, 0.3) is 0 Å². The Morgan fingerprint density at radius 3 is 2.45 bits per heavy atom. The largest absolute Gasteiger partial charge is 0.228 e. The molecule has 1 nitrogen and oxygen atoms in total. The standard InChI is InChI=1S/C8H13Br2O/c1-6(2)7(11)4-8(3,10)5-9/h7H,1,4-5H2,2-3H3. The quantitative estimate of drug-likeness (QED) is 0.558. The molecule has 2 atom stereocenters. The molecule has 65 valence electrons. The Morgan fingerprint density at radius 1 is 1.73 bits per heavy atom. The molecule has 0 aliphatic heterocycles. The van der Waals surface area contributed by atoms with Gasteiger partial charge in [0.15, 0.2) is 0 Å². The van der Waals surface area contributed by atoms with Crippen molar-refractivity contribution < 1.29 is 5.11 Å². The van der Waals surface area contributed by atoms with Crippen molar-refractivity contribution in [2.24, 2.45) is 0 Å². The van der Waals surface area contributed by atoms with Gasteiger partial charge in [-0.3, -0.25) is 0 Å². The van der Waals surface area contributed by atoms with Crippen molar-refractivity contribution in [3.05, 3.63) is 12.2 Å². The van der Waals surface area contributed by atoms with Gasteiger partial charge < -0.3 is 0 Å². The average Bonchev–Trinajstić information content (AvgIpc) is 1.87. The van der Waals surface area contributed by atoms with Crippen molar-refractivity contribution in [2.45, 2.75) is 30.7 Å². The smallest absolute Gasteiger partial charge is 0.115 e. The highest BCUT2D eigenvalue weighted by Crippen LogP contribution is 2.27. The van der Waals surface area contributed by atoms with Crippen LogP contribution in [-0.2, 0) is 5.11 Å². The van der Waals surface area contributed by atoms with Crippen LogP contribution in [-0.4, -0.2) is 15.8 Å². The zero-order valence-electron chi connectivity index (χ0n) is 6.86. The van der Waals surface area contributed by atoms with E-state index in [1.807, 2.05) is 6.92 Å². The van der Waals surface area contributed by atoms with Crippen LogP contribution in [0.1, 0.15) is 20.3 Å². The van der Waals surface area contributed by atoms with Gasteiger partial charge >= 0.3 is 0 Å². The van der Waals surface area contributed by atoms with Crippen LogP contribution in [0.5, 0.6) is 0 Å². The van der Waals surface area contributed by atoms with Crippen LogP contribution in [0.3, 0.4) is 0 Å². The molecule has 0 spiro atoms. The Labute approximate surface area is 85.1 Å². The summed E-state index contributed by atoms with van der Waals surface area (Å²) < 4.78 is -0.0988. The van der Waals surface area contributed by atoms with Crippen LogP contribution in [0.2, 0.25) is 0 Å². The fourth-order valence-corrected chi connectivity index (χ4v) is 1.14. The van der Waals surface area contributed by atoms with Crippen LogP contribution < -0.4 is 0 Å². The van der Waals surface area contributed by atoms with E-state index in [1.54, 1.807) is 6.92 Å². The summed E-state index contributed by atoms with van der Waals surface area (Å²) in [5.74, 6) is 0. The molecule has 0 saturated heterocycles. The minimum absolute atomic E-state index is 0.0988. The van der Waals surface area contributed by atoms with Crippen molar-refractivity contribution in [1.82, 2.24) is 0 Å².